The van der Waals surface area contributed by atoms with E-state index in [-0.39, 0.29) is 15.8 Å². The zero-order valence-corrected chi connectivity index (χ0v) is 14.9. The van der Waals surface area contributed by atoms with Crippen molar-refractivity contribution in [1.82, 2.24) is 5.32 Å². The van der Waals surface area contributed by atoms with Crippen LogP contribution in [0.15, 0.2) is 36.4 Å². The molecule has 0 aliphatic rings. The van der Waals surface area contributed by atoms with Crippen LogP contribution in [0.3, 0.4) is 0 Å². The van der Waals surface area contributed by atoms with Gasteiger partial charge in [-0.3, -0.25) is 0 Å². The number of rotatable bonds is 3. The van der Waals surface area contributed by atoms with Gasteiger partial charge in [-0.25, -0.2) is 0 Å². The summed E-state index contributed by atoms with van der Waals surface area (Å²) in [5, 5.41) is 6.18. The van der Waals surface area contributed by atoms with Gasteiger partial charge >= 0.3 is 6.18 Å². The first-order valence-electron chi connectivity index (χ1n) is 6.52. The van der Waals surface area contributed by atoms with Crippen molar-refractivity contribution in [2.24, 2.45) is 0 Å². The predicted molar refractivity (Wildman–Crippen MR) is 96.0 cm³/mol. The molecule has 2 N–H and O–H groups in total. The summed E-state index contributed by atoms with van der Waals surface area (Å²) < 4.78 is 38.5. The lowest BCUT2D eigenvalue weighted by Crippen LogP contribution is -2.28. The van der Waals surface area contributed by atoms with Crippen molar-refractivity contribution >= 4 is 57.8 Å². The van der Waals surface area contributed by atoms with E-state index in [1.165, 1.54) is 6.07 Å². The van der Waals surface area contributed by atoms with E-state index < -0.39 is 11.7 Å². The zero-order chi connectivity index (χ0) is 17.9. The minimum atomic E-state index is -4.54. The highest BCUT2D eigenvalue weighted by atomic mass is 35.5. The number of hydrogen-bond acceptors (Lipinski definition) is 1. The fraction of sp³-hybridized carbons (Fsp3) is 0.133. The molecule has 0 spiro atoms. The lowest BCUT2D eigenvalue weighted by molar-refractivity contribution is -0.137. The smallest absolute Gasteiger partial charge is 0.358 e. The highest BCUT2D eigenvalue weighted by molar-refractivity contribution is 7.80. The van der Waals surface area contributed by atoms with Gasteiger partial charge in [0.05, 0.1) is 20.6 Å². The first-order chi connectivity index (χ1) is 11.2. The summed E-state index contributed by atoms with van der Waals surface area (Å²) in [7, 11) is 0. The molecule has 0 fully saturated rings. The third-order valence-electron chi connectivity index (χ3n) is 2.97. The molecule has 2 rings (SSSR count). The summed E-state index contributed by atoms with van der Waals surface area (Å²) in [6, 6.07) is 8.54. The van der Waals surface area contributed by atoms with Crippen LogP contribution in [0.25, 0.3) is 0 Å². The molecule has 0 atom stereocenters. The molecule has 9 heteroatoms. The molecular weight excluding hydrogens is 404 g/mol. The summed E-state index contributed by atoms with van der Waals surface area (Å²) in [4.78, 5) is 0. The van der Waals surface area contributed by atoms with E-state index in [0.717, 1.165) is 17.7 Å². The number of alkyl halides is 3. The highest BCUT2D eigenvalue weighted by Gasteiger charge is 2.33. The van der Waals surface area contributed by atoms with Crippen LogP contribution in [0.1, 0.15) is 11.1 Å². The molecule has 24 heavy (non-hydrogen) atoms. The maximum atomic E-state index is 12.8. The zero-order valence-electron chi connectivity index (χ0n) is 11.8. The van der Waals surface area contributed by atoms with E-state index in [1.807, 2.05) is 0 Å². The molecule has 0 amide bonds. The van der Waals surface area contributed by atoms with Crippen LogP contribution in [0.5, 0.6) is 0 Å². The fourth-order valence-electron chi connectivity index (χ4n) is 1.83. The van der Waals surface area contributed by atoms with Crippen molar-refractivity contribution in [2.45, 2.75) is 12.7 Å². The third kappa shape index (κ3) is 5.14. The van der Waals surface area contributed by atoms with Crippen LogP contribution >= 0.6 is 47.0 Å². The molecule has 0 bridgehead atoms. The second kappa shape index (κ2) is 7.78. The van der Waals surface area contributed by atoms with Gasteiger partial charge in [0.25, 0.3) is 0 Å². The quantitative estimate of drug-likeness (QED) is 0.590. The average molecular weight is 414 g/mol. The van der Waals surface area contributed by atoms with Crippen molar-refractivity contribution in [3.05, 3.63) is 62.6 Å². The van der Waals surface area contributed by atoms with Gasteiger partial charge in [-0.1, -0.05) is 40.9 Å². The Bertz CT molecular complexity index is 766. The normalized spacial score (nSPS) is 11.2. The predicted octanol–water partition coefficient (Wildman–Crippen LogP) is 6.15. The molecule has 0 heterocycles. The number of nitrogens with one attached hydrogen (secondary N) is 2. The van der Waals surface area contributed by atoms with Gasteiger partial charge in [0, 0.05) is 12.2 Å². The average Bonchev–Trinajstić information content (AvgIpc) is 2.49. The molecule has 0 aliphatic heterocycles. The van der Waals surface area contributed by atoms with E-state index in [0.29, 0.717) is 16.6 Å². The second-order valence-electron chi connectivity index (χ2n) is 4.75. The molecule has 0 unspecified atom stereocenters. The summed E-state index contributed by atoms with van der Waals surface area (Å²) in [6.07, 6.45) is -4.54. The van der Waals surface area contributed by atoms with E-state index in [2.05, 4.69) is 10.6 Å². The van der Waals surface area contributed by atoms with Crippen molar-refractivity contribution in [1.29, 1.82) is 0 Å². The maximum absolute atomic E-state index is 12.8. The van der Waals surface area contributed by atoms with Crippen LogP contribution in [-0.2, 0) is 12.7 Å². The summed E-state index contributed by atoms with van der Waals surface area (Å²) in [5.41, 5.74) is 0.0699. The largest absolute Gasteiger partial charge is 0.417 e. The van der Waals surface area contributed by atoms with Crippen LogP contribution in [0.4, 0.5) is 18.9 Å². The second-order valence-corrected chi connectivity index (χ2v) is 6.38. The maximum Gasteiger partial charge on any atom is 0.417 e. The Labute approximate surface area is 156 Å². The molecule has 0 aliphatic carbocycles. The summed E-state index contributed by atoms with van der Waals surface area (Å²) in [5.74, 6) is 0. The SMILES string of the molecule is FC(F)(F)c1cc(NC(=S)NCc2ccc(Cl)c(Cl)c2)ccc1Cl. The van der Waals surface area contributed by atoms with Crippen LogP contribution < -0.4 is 10.6 Å². The lowest BCUT2D eigenvalue weighted by atomic mass is 10.2. The summed E-state index contributed by atoms with van der Waals surface area (Å²) >= 11 is 22.4. The van der Waals surface area contributed by atoms with E-state index >= 15 is 0 Å². The van der Waals surface area contributed by atoms with Crippen molar-refractivity contribution in [2.75, 3.05) is 5.32 Å². The third-order valence-corrected chi connectivity index (χ3v) is 4.28. The summed E-state index contributed by atoms with van der Waals surface area (Å²) in [6.45, 7) is 0.336. The fourth-order valence-corrected chi connectivity index (χ4v) is 2.56. The first kappa shape index (κ1) is 19.1. The standard InChI is InChI=1S/C15H10Cl3F3N2S/c16-11-4-2-9(6-10(11)15(19,20)21)23-14(24)22-7-8-1-3-12(17)13(18)5-8/h1-6H,7H2,(H2,22,23,24). The Morgan fingerprint density at radius 3 is 2.25 bits per heavy atom. The first-order valence-corrected chi connectivity index (χ1v) is 8.06. The molecule has 0 radical (unpaired) electrons. The Morgan fingerprint density at radius 1 is 0.958 bits per heavy atom. The monoisotopic (exact) mass is 412 g/mol. The van der Waals surface area contributed by atoms with Gasteiger partial charge < -0.3 is 10.6 Å². The van der Waals surface area contributed by atoms with Crippen molar-refractivity contribution in [3.8, 4) is 0 Å². The molecule has 2 nitrogen and oxygen atoms in total. The van der Waals surface area contributed by atoms with Gasteiger partial charge in [0.15, 0.2) is 5.11 Å². The Hall–Kier alpha value is -1.21. The van der Waals surface area contributed by atoms with E-state index in [4.69, 9.17) is 47.0 Å². The Morgan fingerprint density at radius 2 is 1.62 bits per heavy atom. The molecule has 2 aromatic carbocycles. The molecule has 0 saturated heterocycles. The van der Waals surface area contributed by atoms with Crippen LogP contribution in [0.2, 0.25) is 15.1 Å². The molecular formula is C15H10Cl3F3N2S. The minimum absolute atomic E-state index is 0.163. The number of anilines is 1. The van der Waals surface area contributed by atoms with Gasteiger partial charge in [-0.2, -0.15) is 13.2 Å². The topological polar surface area (TPSA) is 24.1 Å². The van der Waals surface area contributed by atoms with Gasteiger partial charge in [0.1, 0.15) is 0 Å². The van der Waals surface area contributed by atoms with Crippen molar-refractivity contribution < 1.29 is 13.2 Å². The Balaban J connectivity index is 2.01. The van der Waals surface area contributed by atoms with Crippen LogP contribution in [0, 0.1) is 0 Å². The molecule has 0 aromatic heterocycles. The number of benzene rings is 2. The number of hydrogen-bond donors (Lipinski definition) is 2. The number of thiocarbonyl (C=S) groups is 1. The van der Waals surface area contributed by atoms with Crippen LogP contribution in [-0.4, -0.2) is 5.11 Å². The number of halogens is 6. The molecule has 2 aromatic rings. The van der Waals surface area contributed by atoms with Gasteiger partial charge in [-0.15, -0.1) is 0 Å². The van der Waals surface area contributed by atoms with E-state index in [9.17, 15) is 13.2 Å². The lowest BCUT2D eigenvalue weighted by Gasteiger charge is -2.14. The van der Waals surface area contributed by atoms with Gasteiger partial charge in [0.2, 0.25) is 0 Å². The molecule has 128 valence electrons. The molecule has 0 saturated carbocycles. The minimum Gasteiger partial charge on any atom is -0.358 e. The highest BCUT2D eigenvalue weighted by Crippen LogP contribution is 2.36. The Kier molecular flexibility index (Phi) is 6.20. The van der Waals surface area contributed by atoms with Gasteiger partial charge in [-0.05, 0) is 48.1 Å². The van der Waals surface area contributed by atoms with Crippen molar-refractivity contribution in [3.63, 3.8) is 0 Å². The van der Waals surface area contributed by atoms with E-state index in [1.54, 1.807) is 18.2 Å².